The molecule has 0 saturated heterocycles. The second kappa shape index (κ2) is 5.22. The summed E-state index contributed by atoms with van der Waals surface area (Å²) in [5.41, 5.74) is 2.39. The van der Waals surface area contributed by atoms with Crippen LogP contribution in [-0.4, -0.2) is 5.84 Å². The molecule has 6 heteroatoms. The predicted octanol–water partition coefficient (Wildman–Crippen LogP) is 5.64. The van der Waals surface area contributed by atoms with Crippen LogP contribution in [0.25, 0.3) is 16.7 Å². The highest BCUT2D eigenvalue weighted by Crippen LogP contribution is 2.40. The second-order valence-corrected chi connectivity index (χ2v) is 6.43. The van der Waals surface area contributed by atoms with E-state index in [1.807, 2.05) is 18.2 Å². The zero-order valence-corrected chi connectivity index (χ0v) is 14.0. The van der Waals surface area contributed by atoms with E-state index in [0.29, 0.717) is 39.1 Å². The number of nitrogens with one attached hydrogen (secondary N) is 1. The van der Waals surface area contributed by atoms with E-state index in [1.165, 1.54) is 18.2 Å². The van der Waals surface area contributed by atoms with Gasteiger partial charge in [-0.2, -0.15) is 0 Å². The summed E-state index contributed by atoms with van der Waals surface area (Å²) in [4.78, 5) is 4.58. The lowest BCUT2D eigenvalue weighted by atomic mass is 10.1. The third-order valence-corrected chi connectivity index (χ3v) is 4.40. The first-order chi connectivity index (χ1) is 11.0. The average Bonchev–Trinajstić information content (AvgIpc) is 2.88. The number of benzene rings is 2. The number of amidine groups is 1. The molecular formula is C17H9BrClFN2O. The van der Waals surface area contributed by atoms with Gasteiger partial charge in [0, 0.05) is 15.4 Å². The van der Waals surface area contributed by atoms with E-state index in [-0.39, 0.29) is 5.82 Å². The molecule has 2 aromatic carbocycles. The lowest BCUT2D eigenvalue weighted by molar-refractivity contribution is 0.596. The van der Waals surface area contributed by atoms with E-state index < -0.39 is 0 Å². The highest BCUT2D eigenvalue weighted by molar-refractivity contribution is 9.10. The number of aliphatic imine (C=N–C) groups is 1. The first kappa shape index (κ1) is 14.5. The molecule has 0 fully saturated rings. The molecule has 114 valence electrons. The lowest BCUT2D eigenvalue weighted by Gasteiger charge is -2.17. The van der Waals surface area contributed by atoms with Crippen LogP contribution in [0.4, 0.5) is 10.1 Å². The van der Waals surface area contributed by atoms with Crippen LogP contribution >= 0.6 is 27.5 Å². The van der Waals surface area contributed by atoms with Gasteiger partial charge in [0.05, 0.1) is 10.7 Å². The molecule has 0 spiro atoms. The summed E-state index contributed by atoms with van der Waals surface area (Å²) < 4.78 is 20.3. The third kappa shape index (κ3) is 2.36. The highest BCUT2D eigenvalue weighted by Gasteiger charge is 2.24. The number of fused-ring (bicyclic) bond motifs is 3. The zero-order chi connectivity index (χ0) is 16.1. The van der Waals surface area contributed by atoms with Gasteiger partial charge in [-0.25, -0.2) is 9.38 Å². The SMILES string of the molecule is C=C1NC(c2cc(F)ccc2Cl)=Nc2c1oc1ccc(Br)cc21. The molecule has 1 aliphatic rings. The Hall–Kier alpha value is -2.11. The molecule has 0 bridgehead atoms. The van der Waals surface area contributed by atoms with Crippen molar-refractivity contribution in [1.82, 2.24) is 5.32 Å². The Morgan fingerprint density at radius 2 is 2.04 bits per heavy atom. The van der Waals surface area contributed by atoms with Crippen LogP contribution in [0.3, 0.4) is 0 Å². The molecule has 0 atom stereocenters. The number of hydrogen-bond donors (Lipinski definition) is 1. The fourth-order valence-electron chi connectivity index (χ4n) is 2.52. The molecule has 23 heavy (non-hydrogen) atoms. The van der Waals surface area contributed by atoms with Crippen LogP contribution in [0, 0.1) is 5.82 Å². The van der Waals surface area contributed by atoms with Gasteiger partial charge in [0.15, 0.2) is 5.76 Å². The van der Waals surface area contributed by atoms with Gasteiger partial charge in [-0.3, -0.25) is 0 Å². The Balaban J connectivity index is 1.97. The fraction of sp³-hybridized carbons (Fsp3) is 0. The van der Waals surface area contributed by atoms with E-state index in [9.17, 15) is 4.39 Å². The van der Waals surface area contributed by atoms with Crippen LogP contribution in [-0.2, 0) is 0 Å². The fourth-order valence-corrected chi connectivity index (χ4v) is 3.09. The maximum Gasteiger partial charge on any atom is 0.176 e. The smallest absolute Gasteiger partial charge is 0.176 e. The van der Waals surface area contributed by atoms with E-state index in [2.05, 4.69) is 32.8 Å². The minimum atomic E-state index is -0.384. The first-order valence-corrected chi connectivity index (χ1v) is 7.92. The van der Waals surface area contributed by atoms with E-state index >= 15 is 0 Å². The summed E-state index contributed by atoms with van der Waals surface area (Å²) in [6.07, 6.45) is 0. The second-order valence-electron chi connectivity index (χ2n) is 5.11. The molecular weight excluding hydrogens is 383 g/mol. The molecule has 1 aliphatic heterocycles. The molecule has 0 amide bonds. The van der Waals surface area contributed by atoms with Gasteiger partial charge < -0.3 is 9.73 Å². The molecule has 0 radical (unpaired) electrons. The number of hydrogen-bond acceptors (Lipinski definition) is 3. The van der Waals surface area contributed by atoms with Gasteiger partial charge >= 0.3 is 0 Å². The Labute approximate surface area is 144 Å². The van der Waals surface area contributed by atoms with Crippen molar-refractivity contribution in [2.24, 2.45) is 4.99 Å². The number of rotatable bonds is 1. The predicted molar refractivity (Wildman–Crippen MR) is 93.7 cm³/mol. The Bertz CT molecular complexity index is 1010. The van der Waals surface area contributed by atoms with Crippen molar-refractivity contribution in [1.29, 1.82) is 0 Å². The van der Waals surface area contributed by atoms with Crippen molar-refractivity contribution >= 4 is 55.7 Å². The van der Waals surface area contributed by atoms with Crippen LogP contribution in [0.15, 0.2) is 56.9 Å². The Morgan fingerprint density at radius 3 is 2.87 bits per heavy atom. The van der Waals surface area contributed by atoms with Gasteiger partial charge in [0.25, 0.3) is 0 Å². The number of furan rings is 1. The number of nitrogens with zero attached hydrogens (tertiary/aromatic N) is 1. The molecule has 2 heterocycles. The molecule has 0 unspecified atom stereocenters. The van der Waals surface area contributed by atoms with E-state index in [4.69, 9.17) is 16.0 Å². The minimum Gasteiger partial charge on any atom is -0.452 e. The van der Waals surface area contributed by atoms with Crippen LogP contribution in [0.5, 0.6) is 0 Å². The summed E-state index contributed by atoms with van der Waals surface area (Å²) >= 11 is 9.62. The van der Waals surface area contributed by atoms with Gasteiger partial charge in [0.1, 0.15) is 22.9 Å². The summed E-state index contributed by atoms with van der Waals surface area (Å²) in [6, 6.07) is 9.81. The van der Waals surface area contributed by atoms with E-state index in [1.54, 1.807) is 0 Å². The van der Waals surface area contributed by atoms with Crippen molar-refractivity contribution in [2.45, 2.75) is 0 Å². The minimum absolute atomic E-state index is 0.384. The van der Waals surface area contributed by atoms with Gasteiger partial charge in [-0.15, -0.1) is 0 Å². The summed E-state index contributed by atoms with van der Waals surface area (Å²) in [7, 11) is 0. The van der Waals surface area contributed by atoms with Gasteiger partial charge in [-0.05, 0) is 36.4 Å². The van der Waals surface area contributed by atoms with Crippen LogP contribution < -0.4 is 5.32 Å². The standard InChI is InChI=1S/C17H9BrClFN2O/c1-8-16-15(12-6-9(18)2-5-14(12)23-16)22-17(21-8)11-7-10(20)3-4-13(11)19/h2-7H,1H2,(H,21,22). The normalized spacial score (nSPS) is 13.7. The third-order valence-electron chi connectivity index (χ3n) is 3.57. The lowest BCUT2D eigenvalue weighted by Crippen LogP contribution is -2.25. The van der Waals surface area contributed by atoms with Crippen molar-refractivity contribution in [2.75, 3.05) is 0 Å². The number of halogens is 3. The molecule has 4 rings (SSSR count). The summed E-state index contributed by atoms with van der Waals surface area (Å²) in [6.45, 7) is 3.97. The van der Waals surface area contributed by atoms with Crippen molar-refractivity contribution < 1.29 is 8.81 Å². The van der Waals surface area contributed by atoms with Crippen molar-refractivity contribution in [3.63, 3.8) is 0 Å². The molecule has 0 aliphatic carbocycles. The van der Waals surface area contributed by atoms with Gasteiger partial charge in [-0.1, -0.05) is 34.1 Å². The Morgan fingerprint density at radius 1 is 1.22 bits per heavy atom. The van der Waals surface area contributed by atoms with Gasteiger partial charge in [0.2, 0.25) is 0 Å². The Kier molecular flexibility index (Phi) is 3.28. The van der Waals surface area contributed by atoms with Crippen LogP contribution in [0.1, 0.15) is 11.3 Å². The topological polar surface area (TPSA) is 37.5 Å². The monoisotopic (exact) mass is 390 g/mol. The quantitative estimate of drug-likeness (QED) is 0.583. The van der Waals surface area contributed by atoms with Crippen molar-refractivity contribution in [3.8, 4) is 0 Å². The molecule has 3 aromatic rings. The first-order valence-electron chi connectivity index (χ1n) is 6.75. The van der Waals surface area contributed by atoms with E-state index in [0.717, 1.165) is 9.86 Å². The largest absolute Gasteiger partial charge is 0.452 e. The maximum absolute atomic E-state index is 13.6. The zero-order valence-electron chi connectivity index (χ0n) is 11.7. The summed E-state index contributed by atoms with van der Waals surface area (Å²) in [5, 5.41) is 4.29. The van der Waals surface area contributed by atoms with Crippen LogP contribution in [0.2, 0.25) is 5.02 Å². The molecule has 0 saturated carbocycles. The maximum atomic E-state index is 13.6. The molecule has 3 nitrogen and oxygen atoms in total. The van der Waals surface area contributed by atoms with Crippen molar-refractivity contribution in [3.05, 3.63) is 69.6 Å². The highest BCUT2D eigenvalue weighted by atomic mass is 79.9. The summed E-state index contributed by atoms with van der Waals surface area (Å²) in [5.74, 6) is 0.620. The average molecular weight is 392 g/mol. The molecule has 1 N–H and O–H groups in total. The molecule has 1 aromatic heterocycles.